The van der Waals surface area contributed by atoms with Crippen molar-refractivity contribution in [1.82, 2.24) is 9.97 Å². The van der Waals surface area contributed by atoms with Crippen molar-refractivity contribution >= 4 is 49.2 Å². The third-order valence-corrected chi connectivity index (χ3v) is 4.45. The highest BCUT2D eigenvalue weighted by Gasteiger charge is 2.21. The lowest BCUT2D eigenvalue weighted by Crippen LogP contribution is -2.04. The summed E-state index contributed by atoms with van der Waals surface area (Å²) in [6, 6.07) is 2.25. The van der Waals surface area contributed by atoms with Crippen LogP contribution in [0.25, 0.3) is 0 Å². The number of nitrogen functional groups attached to an aromatic ring is 3. The second kappa shape index (κ2) is 6.20. The maximum Gasteiger partial charge on any atom is 0.296 e. The van der Waals surface area contributed by atoms with Gasteiger partial charge in [0.05, 0.1) is 4.90 Å². The van der Waals surface area contributed by atoms with Crippen LogP contribution >= 0.6 is 0 Å². The molecule has 2 rings (SSSR count). The summed E-state index contributed by atoms with van der Waals surface area (Å²) >= 11 is 0. The van der Waals surface area contributed by atoms with E-state index in [-0.39, 0.29) is 23.3 Å². The van der Waals surface area contributed by atoms with Crippen LogP contribution < -0.4 is 17.2 Å². The third kappa shape index (κ3) is 4.15. The van der Waals surface area contributed by atoms with Crippen LogP contribution in [0, 0.1) is 0 Å². The van der Waals surface area contributed by atoms with Gasteiger partial charge >= 0.3 is 0 Å². The maximum absolute atomic E-state index is 11.4. The zero-order valence-electron chi connectivity index (χ0n) is 12.1. The van der Waals surface area contributed by atoms with Crippen LogP contribution in [0.2, 0.25) is 0 Å². The van der Waals surface area contributed by atoms with Gasteiger partial charge in [-0.25, -0.2) is 0 Å². The first kappa shape index (κ1) is 18.5. The van der Waals surface area contributed by atoms with Crippen molar-refractivity contribution in [2.24, 2.45) is 10.2 Å². The molecule has 134 valence electrons. The highest BCUT2D eigenvalue weighted by molar-refractivity contribution is 7.86. The fourth-order valence-corrected chi connectivity index (χ4v) is 2.89. The van der Waals surface area contributed by atoms with Gasteiger partial charge in [-0.3, -0.25) is 9.11 Å². The maximum atomic E-state index is 11.4. The van der Waals surface area contributed by atoms with Crippen LogP contribution in [-0.2, 0) is 20.2 Å². The van der Waals surface area contributed by atoms with Gasteiger partial charge in [0, 0.05) is 0 Å². The fraction of sp³-hybridized carbons (Fsp3) is 0. The van der Waals surface area contributed by atoms with Gasteiger partial charge in [0.1, 0.15) is 10.6 Å². The first-order chi connectivity index (χ1) is 11.4. The van der Waals surface area contributed by atoms with Crippen molar-refractivity contribution in [2.45, 2.75) is 9.79 Å². The van der Waals surface area contributed by atoms with E-state index in [1.54, 1.807) is 0 Å². The molecule has 0 aliphatic carbocycles. The topological polar surface area (TPSA) is 237 Å². The van der Waals surface area contributed by atoms with Crippen LogP contribution in [0.4, 0.5) is 29.0 Å². The van der Waals surface area contributed by atoms with Gasteiger partial charge < -0.3 is 17.2 Å². The van der Waals surface area contributed by atoms with Crippen molar-refractivity contribution < 1.29 is 25.9 Å². The van der Waals surface area contributed by atoms with Gasteiger partial charge in [0.25, 0.3) is 20.2 Å². The Bertz CT molecular complexity index is 1060. The minimum Gasteiger partial charge on any atom is -0.382 e. The lowest BCUT2D eigenvalue weighted by Gasteiger charge is -2.05. The zero-order chi connectivity index (χ0) is 19.0. The number of nitrogens with zero attached hydrogens (tertiary/aromatic N) is 4. The SMILES string of the molecule is Nc1nc(N)c(/N=N/c2ccc(S(=O)(=O)O)cc2S(=O)(=O)O)c(N)n1. The molecular weight excluding hydrogens is 378 g/mol. The first-order valence-electron chi connectivity index (χ1n) is 6.09. The Labute approximate surface area is 141 Å². The number of hydrogen-bond donors (Lipinski definition) is 5. The molecule has 0 fully saturated rings. The van der Waals surface area contributed by atoms with Crippen molar-refractivity contribution in [3.05, 3.63) is 18.2 Å². The van der Waals surface area contributed by atoms with Crippen molar-refractivity contribution in [2.75, 3.05) is 17.2 Å². The Morgan fingerprint density at radius 2 is 1.44 bits per heavy atom. The monoisotopic (exact) mass is 389 g/mol. The molecule has 1 aromatic heterocycles. The van der Waals surface area contributed by atoms with Crippen molar-refractivity contribution in [3.63, 3.8) is 0 Å². The van der Waals surface area contributed by atoms with Crippen LogP contribution in [0.15, 0.2) is 38.2 Å². The molecule has 15 heteroatoms. The molecule has 0 saturated heterocycles. The summed E-state index contributed by atoms with van der Waals surface area (Å²) in [6.07, 6.45) is 0. The number of benzene rings is 1. The Kier molecular flexibility index (Phi) is 4.58. The van der Waals surface area contributed by atoms with E-state index in [4.69, 9.17) is 21.8 Å². The molecular formula is C10H11N7O6S2. The molecule has 0 unspecified atom stereocenters. The molecule has 0 bridgehead atoms. The highest BCUT2D eigenvalue weighted by atomic mass is 32.2. The van der Waals surface area contributed by atoms with E-state index < -0.39 is 35.7 Å². The molecule has 1 aromatic carbocycles. The lowest BCUT2D eigenvalue weighted by molar-refractivity contribution is 0.481. The zero-order valence-corrected chi connectivity index (χ0v) is 13.7. The number of aromatic nitrogens is 2. The lowest BCUT2D eigenvalue weighted by atomic mass is 10.3. The van der Waals surface area contributed by atoms with E-state index in [1.807, 2.05) is 0 Å². The number of hydrogen-bond acceptors (Lipinski definition) is 11. The smallest absolute Gasteiger partial charge is 0.296 e. The Morgan fingerprint density at radius 1 is 0.880 bits per heavy atom. The van der Waals surface area contributed by atoms with Crippen LogP contribution in [0.3, 0.4) is 0 Å². The first-order valence-corrected chi connectivity index (χ1v) is 8.97. The number of anilines is 3. The molecule has 0 saturated carbocycles. The standard InChI is InChI=1S/C10H11N7O6S2/c11-8-7(9(12)15-10(13)14-8)17-16-5-2-1-4(24(18,19)20)3-6(5)25(21,22)23/h1-3H,(H,18,19,20)(H,21,22,23)(H6,11,12,13,14,15)/b17-16+. The second-order valence-corrected chi connectivity index (χ2v) is 7.29. The summed E-state index contributed by atoms with van der Waals surface area (Å²) in [5.41, 5.74) is 15.8. The summed E-state index contributed by atoms with van der Waals surface area (Å²) in [5, 5.41) is 7.14. The van der Waals surface area contributed by atoms with E-state index in [0.717, 1.165) is 12.1 Å². The van der Waals surface area contributed by atoms with Gasteiger partial charge in [-0.15, -0.1) is 10.2 Å². The van der Waals surface area contributed by atoms with Crippen molar-refractivity contribution in [3.8, 4) is 0 Å². The molecule has 13 nitrogen and oxygen atoms in total. The van der Waals surface area contributed by atoms with Gasteiger partial charge in [-0.2, -0.15) is 26.8 Å². The van der Waals surface area contributed by atoms with Crippen LogP contribution in [-0.4, -0.2) is 35.9 Å². The Balaban J connectivity index is 2.61. The van der Waals surface area contributed by atoms with E-state index in [9.17, 15) is 21.4 Å². The molecule has 0 aliphatic rings. The van der Waals surface area contributed by atoms with Gasteiger partial charge in [0.2, 0.25) is 5.95 Å². The summed E-state index contributed by atoms with van der Waals surface area (Å²) in [7, 11) is -9.60. The molecule has 1 heterocycles. The quantitative estimate of drug-likeness (QED) is 0.347. The van der Waals surface area contributed by atoms with E-state index in [2.05, 4.69) is 20.2 Å². The largest absolute Gasteiger partial charge is 0.382 e. The number of rotatable bonds is 4. The highest BCUT2D eigenvalue weighted by Crippen LogP contribution is 2.32. The molecule has 0 aliphatic heterocycles. The molecule has 25 heavy (non-hydrogen) atoms. The van der Waals surface area contributed by atoms with Crippen LogP contribution in [0.5, 0.6) is 0 Å². The fourth-order valence-electron chi connectivity index (χ4n) is 1.66. The number of nitrogens with two attached hydrogens (primary N) is 3. The van der Waals surface area contributed by atoms with Crippen LogP contribution in [0.1, 0.15) is 0 Å². The third-order valence-electron chi connectivity index (χ3n) is 2.72. The van der Waals surface area contributed by atoms with Gasteiger partial charge in [-0.05, 0) is 18.2 Å². The molecule has 2 aromatic rings. The van der Waals surface area contributed by atoms with Crippen molar-refractivity contribution in [1.29, 1.82) is 0 Å². The molecule has 0 radical (unpaired) electrons. The molecule has 0 amide bonds. The summed E-state index contributed by atoms with van der Waals surface area (Å²) in [6.45, 7) is 0. The molecule has 8 N–H and O–H groups in total. The number of azo groups is 1. The predicted octanol–water partition coefficient (Wildman–Crippen LogP) is 0.132. The Morgan fingerprint density at radius 3 is 1.92 bits per heavy atom. The minimum absolute atomic E-state index is 0.214. The van der Waals surface area contributed by atoms with E-state index in [0.29, 0.717) is 6.07 Å². The molecule has 0 spiro atoms. The summed E-state index contributed by atoms with van der Waals surface area (Å²) < 4.78 is 63.2. The minimum atomic E-state index is -4.89. The predicted molar refractivity (Wildman–Crippen MR) is 85.5 cm³/mol. The average molecular weight is 389 g/mol. The van der Waals surface area contributed by atoms with Gasteiger partial charge in [0.15, 0.2) is 17.3 Å². The Hall–Kier alpha value is -2.88. The second-order valence-electron chi connectivity index (χ2n) is 4.48. The normalized spacial score (nSPS) is 12.6. The summed E-state index contributed by atoms with van der Waals surface area (Å²) in [5.74, 6) is -0.696. The van der Waals surface area contributed by atoms with Gasteiger partial charge in [-0.1, -0.05) is 0 Å². The van der Waals surface area contributed by atoms with E-state index >= 15 is 0 Å². The molecule has 0 atom stereocenters. The summed E-state index contributed by atoms with van der Waals surface area (Å²) in [4.78, 5) is 5.50. The van der Waals surface area contributed by atoms with E-state index in [1.165, 1.54) is 0 Å². The average Bonchev–Trinajstić information content (AvgIpc) is 2.44.